The third-order valence-corrected chi connectivity index (χ3v) is 2.83. The molecule has 0 aromatic heterocycles. The summed E-state index contributed by atoms with van der Waals surface area (Å²) in [6.45, 7) is 6.84. The molecule has 1 fully saturated rings. The van der Waals surface area contributed by atoms with Crippen molar-refractivity contribution in [2.75, 3.05) is 19.6 Å². The Morgan fingerprint density at radius 2 is 2.43 bits per heavy atom. The van der Waals surface area contributed by atoms with Crippen LogP contribution in [0.15, 0.2) is 0 Å². The molecule has 0 aliphatic carbocycles. The average Bonchev–Trinajstić information content (AvgIpc) is 2.60. The van der Waals surface area contributed by atoms with Crippen LogP contribution in [-0.2, 0) is 4.79 Å². The minimum absolute atomic E-state index is 0.0482. The van der Waals surface area contributed by atoms with E-state index in [-0.39, 0.29) is 5.91 Å². The predicted octanol–water partition coefficient (Wildman–Crippen LogP) is -0.0659. The Hall–Kier alpha value is -0.610. The fraction of sp³-hybridized carbons (Fsp3) is 0.900. The van der Waals surface area contributed by atoms with Gasteiger partial charge in [-0.15, -0.1) is 0 Å². The standard InChI is InChI=1S/C10H21N3O/c1-3-13-6-4-5-9(13)7-12-10(14)8(2)11/h8-9H,3-7,11H2,1-2H3,(H,12,14)/t8-,9?/m1/s1. The van der Waals surface area contributed by atoms with E-state index in [0.29, 0.717) is 6.04 Å². The quantitative estimate of drug-likeness (QED) is 0.666. The van der Waals surface area contributed by atoms with Crippen LogP contribution in [0.25, 0.3) is 0 Å². The highest BCUT2D eigenvalue weighted by atomic mass is 16.2. The topological polar surface area (TPSA) is 58.4 Å². The van der Waals surface area contributed by atoms with Crippen molar-refractivity contribution >= 4 is 5.91 Å². The van der Waals surface area contributed by atoms with Crippen LogP contribution in [-0.4, -0.2) is 42.5 Å². The van der Waals surface area contributed by atoms with E-state index < -0.39 is 6.04 Å². The summed E-state index contributed by atoms with van der Waals surface area (Å²) in [6, 6.07) is 0.120. The van der Waals surface area contributed by atoms with Crippen LogP contribution in [0.4, 0.5) is 0 Å². The number of likely N-dealkylation sites (tertiary alicyclic amines) is 1. The minimum atomic E-state index is -0.397. The Labute approximate surface area is 85.8 Å². The molecule has 82 valence electrons. The fourth-order valence-corrected chi connectivity index (χ4v) is 1.92. The maximum Gasteiger partial charge on any atom is 0.236 e. The molecule has 1 aliphatic heterocycles. The van der Waals surface area contributed by atoms with Gasteiger partial charge in [0.05, 0.1) is 6.04 Å². The Kier molecular flexibility index (Phi) is 4.35. The molecular weight excluding hydrogens is 178 g/mol. The monoisotopic (exact) mass is 199 g/mol. The van der Waals surface area contributed by atoms with Gasteiger partial charge in [-0.1, -0.05) is 6.92 Å². The summed E-state index contributed by atoms with van der Waals surface area (Å²) >= 11 is 0. The number of likely N-dealkylation sites (N-methyl/N-ethyl adjacent to an activating group) is 1. The van der Waals surface area contributed by atoms with E-state index in [9.17, 15) is 4.79 Å². The lowest BCUT2D eigenvalue weighted by Gasteiger charge is -2.23. The summed E-state index contributed by atoms with van der Waals surface area (Å²) in [4.78, 5) is 13.6. The van der Waals surface area contributed by atoms with Gasteiger partial charge in [0.25, 0.3) is 0 Å². The second-order valence-electron chi connectivity index (χ2n) is 3.96. The van der Waals surface area contributed by atoms with Crippen molar-refractivity contribution in [2.45, 2.75) is 38.8 Å². The van der Waals surface area contributed by atoms with E-state index in [1.165, 1.54) is 12.8 Å². The smallest absolute Gasteiger partial charge is 0.236 e. The number of carbonyl (C=O) groups is 1. The number of amides is 1. The first-order chi connectivity index (χ1) is 6.65. The summed E-state index contributed by atoms with van der Waals surface area (Å²) in [7, 11) is 0. The first-order valence-electron chi connectivity index (χ1n) is 5.42. The van der Waals surface area contributed by atoms with Crippen molar-refractivity contribution < 1.29 is 4.79 Å². The molecule has 1 amide bonds. The van der Waals surface area contributed by atoms with E-state index in [0.717, 1.165) is 19.6 Å². The normalized spacial score (nSPS) is 24.9. The predicted molar refractivity (Wildman–Crippen MR) is 56.9 cm³/mol. The maximum absolute atomic E-state index is 11.2. The summed E-state index contributed by atoms with van der Waals surface area (Å²) in [5.41, 5.74) is 5.46. The highest BCUT2D eigenvalue weighted by molar-refractivity contribution is 5.80. The molecule has 4 heteroatoms. The zero-order valence-corrected chi connectivity index (χ0v) is 9.12. The molecule has 1 saturated heterocycles. The number of nitrogens with zero attached hydrogens (tertiary/aromatic N) is 1. The molecule has 0 aromatic carbocycles. The Balaban J connectivity index is 2.27. The molecule has 0 aromatic rings. The SMILES string of the molecule is CCN1CCCC1CNC(=O)[C@@H](C)N. The molecule has 3 N–H and O–H groups in total. The number of hydrogen-bond donors (Lipinski definition) is 2. The molecule has 0 radical (unpaired) electrons. The second-order valence-corrected chi connectivity index (χ2v) is 3.96. The summed E-state index contributed by atoms with van der Waals surface area (Å²) < 4.78 is 0. The molecule has 0 saturated carbocycles. The molecule has 0 bridgehead atoms. The van der Waals surface area contributed by atoms with Crippen LogP contribution in [0.5, 0.6) is 0 Å². The molecule has 2 atom stereocenters. The van der Waals surface area contributed by atoms with Gasteiger partial charge in [0.2, 0.25) is 5.91 Å². The van der Waals surface area contributed by atoms with Crippen LogP contribution in [0.3, 0.4) is 0 Å². The van der Waals surface area contributed by atoms with Crippen LogP contribution in [0.2, 0.25) is 0 Å². The zero-order chi connectivity index (χ0) is 10.6. The number of nitrogens with one attached hydrogen (secondary N) is 1. The molecular formula is C10H21N3O. The van der Waals surface area contributed by atoms with Crippen molar-refractivity contribution in [1.29, 1.82) is 0 Å². The lowest BCUT2D eigenvalue weighted by atomic mass is 10.2. The zero-order valence-electron chi connectivity index (χ0n) is 9.12. The van der Waals surface area contributed by atoms with Gasteiger partial charge in [-0.3, -0.25) is 9.69 Å². The number of nitrogens with two attached hydrogens (primary N) is 1. The van der Waals surface area contributed by atoms with E-state index >= 15 is 0 Å². The summed E-state index contributed by atoms with van der Waals surface area (Å²) in [6.07, 6.45) is 2.43. The Bertz CT molecular complexity index is 194. The van der Waals surface area contributed by atoms with Crippen molar-refractivity contribution in [2.24, 2.45) is 5.73 Å². The van der Waals surface area contributed by atoms with E-state index in [4.69, 9.17) is 5.73 Å². The average molecular weight is 199 g/mol. The fourth-order valence-electron chi connectivity index (χ4n) is 1.92. The van der Waals surface area contributed by atoms with Crippen LogP contribution < -0.4 is 11.1 Å². The molecule has 1 unspecified atom stereocenters. The van der Waals surface area contributed by atoms with E-state index in [2.05, 4.69) is 17.1 Å². The first kappa shape index (κ1) is 11.5. The van der Waals surface area contributed by atoms with Crippen LogP contribution in [0.1, 0.15) is 26.7 Å². The molecule has 4 nitrogen and oxygen atoms in total. The lowest BCUT2D eigenvalue weighted by molar-refractivity contribution is -0.122. The minimum Gasteiger partial charge on any atom is -0.353 e. The molecule has 0 spiro atoms. The lowest BCUT2D eigenvalue weighted by Crippen LogP contribution is -2.45. The van der Waals surface area contributed by atoms with Crippen molar-refractivity contribution in [1.82, 2.24) is 10.2 Å². The Morgan fingerprint density at radius 3 is 3.00 bits per heavy atom. The van der Waals surface area contributed by atoms with Crippen molar-refractivity contribution in [3.05, 3.63) is 0 Å². The first-order valence-corrected chi connectivity index (χ1v) is 5.42. The van der Waals surface area contributed by atoms with Gasteiger partial charge < -0.3 is 11.1 Å². The largest absolute Gasteiger partial charge is 0.353 e. The van der Waals surface area contributed by atoms with E-state index in [1.807, 2.05) is 0 Å². The second kappa shape index (κ2) is 5.32. The van der Waals surface area contributed by atoms with Crippen molar-refractivity contribution in [3.63, 3.8) is 0 Å². The van der Waals surface area contributed by atoms with Crippen molar-refractivity contribution in [3.8, 4) is 0 Å². The third kappa shape index (κ3) is 2.96. The maximum atomic E-state index is 11.2. The highest BCUT2D eigenvalue weighted by Crippen LogP contribution is 2.15. The summed E-state index contributed by atoms with van der Waals surface area (Å²) in [5, 5.41) is 2.88. The van der Waals surface area contributed by atoms with Gasteiger partial charge in [0.1, 0.15) is 0 Å². The van der Waals surface area contributed by atoms with E-state index in [1.54, 1.807) is 6.92 Å². The third-order valence-electron chi connectivity index (χ3n) is 2.83. The number of hydrogen-bond acceptors (Lipinski definition) is 3. The molecule has 1 rings (SSSR count). The molecule has 1 heterocycles. The molecule has 14 heavy (non-hydrogen) atoms. The van der Waals surface area contributed by atoms with Gasteiger partial charge in [-0.2, -0.15) is 0 Å². The van der Waals surface area contributed by atoms with Crippen LogP contribution in [0, 0.1) is 0 Å². The van der Waals surface area contributed by atoms with Gasteiger partial charge in [-0.25, -0.2) is 0 Å². The van der Waals surface area contributed by atoms with Gasteiger partial charge in [-0.05, 0) is 32.9 Å². The Morgan fingerprint density at radius 1 is 1.71 bits per heavy atom. The van der Waals surface area contributed by atoms with Gasteiger partial charge in [0.15, 0.2) is 0 Å². The highest BCUT2D eigenvalue weighted by Gasteiger charge is 2.23. The summed E-state index contributed by atoms with van der Waals surface area (Å²) in [5.74, 6) is -0.0482. The number of rotatable bonds is 4. The molecule has 1 aliphatic rings. The van der Waals surface area contributed by atoms with Crippen LogP contribution >= 0.6 is 0 Å². The van der Waals surface area contributed by atoms with Gasteiger partial charge >= 0.3 is 0 Å². The number of carbonyl (C=O) groups excluding carboxylic acids is 1. The van der Waals surface area contributed by atoms with Gasteiger partial charge in [0, 0.05) is 12.6 Å².